The number of ether oxygens (including phenoxy) is 1. The number of H-pyrrole nitrogens is 1. The zero-order valence-electron chi connectivity index (χ0n) is 19.7. The summed E-state index contributed by atoms with van der Waals surface area (Å²) in [7, 11) is 1.42. The smallest absolute Gasteiger partial charge is 0.255 e. The number of primary amides is 1. The highest BCUT2D eigenvalue weighted by atomic mass is 19.1. The summed E-state index contributed by atoms with van der Waals surface area (Å²) >= 11 is 0. The van der Waals surface area contributed by atoms with Crippen molar-refractivity contribution in [3.05, 3.63) is 71.2 Å². The first-order valence-electron chi connectivity index (χ1n) is 11.6. The summed E-state index contributed by atoms with van der Waals surface area (Å²) in [4.78, 5) is 32.1. The number of aromatic amines is 1. The number of amides is 2. The van der Waals surface area contributed by atoms with E-state index < -0.39 is 17.6 Å². The van der Waals surface area contributed by atoms with Gasteiger partial charge in [0.1, 0.15) is 17.4 Å². The Morgan fingerprint density at radius 3 is 2.61 bits per heavy atom. The number of benzene rings is 2. The molecule has 9 nitrogen and oxygen atoms in total. The second-order valence-corrected chi connectivity index (χ2v) is 8.60. The van der Waals surface area contributed by atoms with Crippen molar-refractivity contribution in [1.29, 1.82) is 0 Å². The lowest BCUT2D eigenvalue weighted by Gasteiger charge is -2.20. The van der Waals surface area contributed by atoms with E-state index in [2.05, 4.69) is 20.4 Å². The number of nitrogens with one attached hydrogen (secondary N) is 2. The number of halogens is 1. The van der Waals surface area contributed by atoms with Crippen LogP contribution in [0.5, 0.6) is 5.75 Å². The molecule has 1 saturated heterocycles. The first kappa shape index (κ1) is 23.3. The van der Waals surface area contributed by atoms with E-state index in [1.165, 1.54) is 19.2 Å². The maximum Gasteiger partial charge on any atom is 0.255 e. The second-order valence-electron chi connectivity index (χ2n) is 8.60. The molecule has 4 aromatic rings. The van der Waals surface area contributed by atoms with Crippen LogP contribution in [0, 0.1) is 5.82 Å². The van der Waals surface area contributed by atoms with Gasteiger partial charge in [-0.1, -0.05) is 24.3 Å². The number of fused-ring (bicyclic) bond motifs is 1. The van der Waals surface area contributed by atoms with Crippen molar-refractivity contribution >= 4 is 28.5 Å². The number of carbonyl (C=O) groups excluding carboxylic acids is 2. The molecule has 1 fully saturated rings. The van der Waals surface area contributed by atoms with Gasteiger partial charge in [-0.2, -0.15) is 5.10 Å². The van der Waals surface area contributed by atoms with Crippen LogP contribution in [0.15, 0.2) is 48.7 Å². The van der Waals surface area contributed by atoms with E-state index in [1.807, 2.05) is 24.3 Å². The van der Waals surface area contributed by atoms with Gasteiger partial charge in [0.25, 0.3) is 11.8 Å². The van der Waals surface area contributed by atoms with E-state index in [0.717, 1.165) is 48.8 Å². The molecule has 4 N–H and O–H groups in total. The fourth-order valence-corrected chi connectivity index (χ4v) is 4.52. The second kappa shape index (κ2) is 9.65. The summed E-state index contributed by atoms with van der Waals surface area (Å²) in [5.41, 5.74) is 8.72. The number of pyridine rings is 1. The summed E-state index contributed by atoms with van der Waals surface area (Å²) < 4.78 is 18.8. The molecule has 1 aliphatic heterocycles. The van der Waals surface area contributed by atoms with Gasteiger partial charge in [-0.25, -0.2) is 9.37 Å². The van der Waals surface area contributed by atoms with E-state index in [9.17, 15) is 14.0 Å². The van der Waals surface area contributed by atoms with Crippen molar-refractivity contribution in [1.82, 2.24) is 20.5 Å². The van der Waals surface area contributed by atoms with Gasteiger partial charge in [0.2, 0.25) is 0 Å². The lowest BCUT2D eigenvalue weighted by atomic mass is 10.0. The summed E-state index contributed by atoms with van der Waals surface area (Å²) in [5.74, 6) is -0.507. The van der Waals surface area contributed by atoms with Crippen LogP contribution in [0.4, 0.5) is 10.2 Å². The zero-order valence-corrected chi connectivity index (χ0v) is 19.7. The van der Waals surface area contributed by atoms with Gasteiger partial charge >= 0.3 is 0 Å². The van der Waals surface area contributed by atoms with Gasteiger partial charge < -0.3 is 20.7 Å². The molecule has 5 rings (SSSR count). The van der Waals surface area contributed by atoms with Crippen LogP contribution in [-0.4, -0.2) is 47.2 Å². The van der Waals surface area contributed by atoms with E-state index in [4.69, 9.17) is 15.5 Å². The highest BCUT2D eigenvalue weighted by Crippen LogP contribution is 2.34. The van der Waals surface area contributed by atoms with Gasteiger partial charge in [0.15, 0.2) is 0 Å². The zero-order chi connectivity index (χ0) is 25.2. The van der Waals surface area contributed by atoms with E-state index in [-0.39, 0.29) is 23.4 Å². The first-order chi connectivity index (χ1) is 17.5. The number of carbonyl (C=O) groups is 2. The average Bonchev–Trinajstić information content (AvgIpc) is 3.59. The molecule has 2 aromatic heterocycles. The Hall–Kier alpha value is -4.47. The predicted molar refractivity (Wildman–Crippen MR) is 133 cm³/mol. The fourth-order valence-electron chi connectivity index (χ4n) is 4.52. The molecule has 3 heterocycles. The Balaban J connectivity index is 1.42. The maximum atomic E-state index is 13.6. The van der Waals surface area contributed by atoms with E-state index in [1.54, 1.807) is 6.20 Å². The molecular weight excluding hydrogens is 463 g/mol. The van der Waals surface area contributed by atoms with E-state index >= 15 is 0 Å². The Bertz CT molecular complexity index is 1440. The number of hydrogen-bond donors (Lipinski definition) is 3. The molecule has 2 amide bonds. The third-order valence-electron chi connectivity index (χ3n) is 6.32. The largest absolute Gasteiger partial charge is 0.496 e. The van der Waals surface area contributed by atoms with Gasteiger partial charge in [-0.05, 0) is 36.6 Å². The Morgan fingerprint density at radius 1 is 1.17 bits per heavy atom. The number of aromatic nitrogens is 3. The molecule has 0 bridgehead atoms. The molecule has 0 atom stereocenters. The molecular formula is C26H25FN6O3. The summed E-state index contributed by atoms with van der Waals surface area (Å²) in [6.07, 6.45) is 3.83. The van der Waals surface area contributed by atoms with Gasteiger partial charge in [0.05, 0.1) is 41.0 Å². The highest BCUT2D eigenvalue weighted by molar-refractivity contribution is 6.12. The molecule has 10 heteroatoms. The van der Waals surface area contributed by atoms with Crippen LogP contribution < -0.4 is 20.7 Å². The summed E-state index contributed by atoms with van der Waals surface area (Å²) in [6.45, 7) is 1.99. The minimum atomic E-state index is -0.597. The van der Waals surface area contributed by atoms with Gasteiger partial charge in [-0.3, -0.25) is 14.7 Å². The lowest BCUT2D eigenvalue weighted by Crippen LogP contribution is -2.23. The molecule has 1 aliphatic rings. The highest BCUT2D eigenvalue weighted by Gasteiger charge is 2.24. The van der Waals surface area contributed by atoms with Crippen LogP contribution in [0.2, 0.25) is 0 Å². The van der Waals surface area contributed by atoms with Crippen LogP contribution in [0.1, 0.15) is 39.1 Å². The third kappa shape index (κ3) is 4.33. The van der Waals surface area contributed by atoms with Crippen molar-refractivity contribution in [2.45, 2.75) is 19.4 Å². The normalized spacial score (nSPS) is 13.2. The van der Waals surface area contributed by atoms with Crippen LogP contribution in [0.25, 0.3) is 22.2 Å². The Kier molecular flexibility index (Phi) is 6.24. The molecule has 36 heavy (non-hydrogen) atoms. The molecule has 0 saturated carbocycles. The van der Waals surface area contributed by atoms with Crippen LogP contribution in [0.3, 0.4) is 0 Å². The van der Waals surface area contributed by atoms with Gasteiger partial charge in [0, 0.05) is 25.2 Å². The van der Waals surface area contributed by atoms with Crippen molar-refractivity contribution in [3.63, 3.8) is 0 Å². The summed E-state index contributed by atoms with van der Waals surface area (Å²) in [6, 6.07) is 11.1. The SMILES string of the molecule is COc1ccc(F)cc1C(=O)NCc1ccc(-c2nc(N3CCCC3)c3cn[nH]c3c2C(N)=O)cc1. The maximum absolute atomic E-state index is 13.6. The monoisotopic (exact) mass is 488 g/mol. The van der Waals surface area contributed by atoms with Crippen molar-refractivity contribution < 1.29 is 18.7 Å². The number of hydrogen-bond acceptors (Lipinski definition) is 6. The Morgan fingerprint density at radius 2 is 1.92 bits per heavy atom. The minimum Gasteiger partial charge on any atom is -0.496 e. The number of methoxy groups -OCH3 is 1. The molecule has 0 spiro atoms. The predicted octanol–water partition coefficient (Wildman–Crippen LogP) is 3.40. The standard InChI is InChI=1S/C26H25FN6O3/c1-36-20-9-8-17(27)12-18(20)26(35)29-13-15-4-6-16(7-5-15)22-21(24(28)34)23-19(14-30-32-23)25(31-22)33-10-2-3-11-33/h4-9,12,14H,2-3,10-11,13H2,1H3,(H2,28,34)(H,29,35)(H,30,32). The van der Waals surface area contributed by atoms with Crippen molar-refractivity contribution in [3.8, 4) is 17.0 Å². The van der Waals surface area contributed by atoms with Crippen molar-refractivity contribution in [2.75, 3.05) is 25.1 Å². The Labute approximate surface area is 206 Å². The average molecular weight is 489 g/mol. The van der Waals surface area contributed by atoms with Crippen molar-refractivity contribution in [2.24, 2.45) is 5.73 Å². The number of nitrogens with two attached hydrogens (primary N) is 1. The molecule has 0 radical (unpaired) electrons. The number of rotatable bonds is 7. The third-order valence-corrected chi connectivity index (χ3v) is 6.32. The van der Waals surface area contributed by atoms with Crippen LogP contribution in [-0.2, 0) is 6.54 Å². The topological polar surface area (TPSA) is 126 Å². The first-order valence-corrected chi connectivity index (χ1v) is 11.6. The minimum absolute atomic E-state index is 0.117. The lowest BCUT2D eigenvalue weighted by molar-refractivity contribution is 0.0946. The summed E-state index contributed by atoms with van der Waals surface area (Å²) in [5, 5.41) is 10.6. The quantitative estimate of drug-likeness (QED) is 0.366. The number of anilines is 1. The van der Waals surface area contributed by atoms with E-state index in [0.29, 0.717) is 16.8 Å². The fraction of sp³-hybridized carbons (Fsp3) is 0.231. The molecule has 0 aliphatic carbocycles. The van der Waals surface area contributed by atoms with Gasteiger partial charge in [-0.15, -0.1) is 0 Å². The molecule has 184 valence electrons. The molecule has 0 unspecified atom stereocenters. The molecule has 2 aromatic carbocycles. The van der Waals surface area contributed by atoms with Crippen LogP contribution >= 0.6 is 0 Å². The number of nitrogens with zero attached hydrogens (tertiary/aromatic N) is 3.